The normalized spacial score (nSPS) is 10.9. The van der Waals surface area contributed by atoms with Crippen LogP contribution in [0.5, 0.6) is 0 Å². The van der Waals surface area contributed by atoms with Crippen molar-refractivity contribution in [3.8, 4) is 17.2 Å². The van der Waals surface area contributed by atoms with Crippen LogP contribution >= 0.6 is 0 Å². The van der Waals surface area contributed by atoms with Gasteiger partial charge in [-0.3, -0.25) is 9.78 Å². The summed E-state index contributed by atoms with van der Waals surface area (Å²) in [5.41, 5.74) is -0.508. The first kappa shape index (κ1) is 20.5. The van der Waals surface area contributed by atoms with E-state index in [4.69, 9.17) is 5.26 Å². The summed E-state index contributed by atoms with van der Waals surface area (Å²) in [7, 11) is 0. The highest BCUT2D eigenvalue weighted by atomic mass is 19.4. The summed E-state index contributed by atoms with van der Waals surface area (Å²) < 4.78 is 38.8. The van der Waals surface area contributed by atoms with Gasteiger partial charge in [0.1, 0.15) is 0 Å². The molecular formula is C21H12F3N3O3. The summed E-state index contributed by atoms with van der Waals surface area (Å²) >= 11 is 0. The van der Waals surface area contributed by atoms with E-state index in [0.29, 0.717) is 0 Å². The number of amides is 1. The van der Waals surface area contributed by atoms with Gasteiger partial charge in [-0.2, -0.15) is 18.4 Å². The maximum absolute atomic E-state index is 12.9. The molecule has 150 valence electrons. The molecule has 1 amide bonds. The van der Waals surface area contributed by atoms with Crippen LogP contribution in [0.25, 0.3) is 11.1 Å². The number of hydrogen-bond acceptors (Lipinski definition) is 4. The third kappa shape index (κ3) is 4.44. The number of carboxylic acid groups (broad SMARTS) is 1. The lowest BCUT2D eigenvalue weighted by atomic mass is 10.0. The molecule has 1 aromatic heterocycles. The Bertz CT molecular complexity index is 1180. The molecule has 0 bridgehead atoms. The van der Waals surface area contributed by atoms with E-state index in [1.165, 1.54) is 42.7 Å². The van der Waals surface area contributed by atoms with Crippen LogP contribution in [0.4, 0.5) is 18.9 Å². The Kier molecular flexibility index (Phi) is 5.51. The Hall–Kier alpha value is -4.19. The van der Waals surface area contributed by atoms with E-state index in [0.717, 1.165) is 18.2 Å². The van der Waals surface area contributed by atoms with Crippen LogP contribution in [-0.4, -0.2) is 22.0 Å². The number of hydrogen-bond donors (Lipinski definition) is 2. The Morgan fingerprint density at radius 1 is 1.03 bits per heavy atom. The van der Waals surface area contributed by atoms with Crippen LogP contribution < -0.4 is 5.32 Å². The molecule has 0 aliphatic rings. The molecule has 9 heteroatoms. The average Bonchev–Trinajstić information content (AvgIpc) is 2.73. The second-order valence-electron chi connectivity index (χ2n) is 6.17. The van der Waals surface area contributed by atoms with Crippen molar-refractivity contribution in [2.75, 3.05) is 5.32 Å². The van der Waals surface area contributed by atoms with Gasteiger partial charge in [0.25, 0.3) is 5.91 Å². The molecule has 30 heavy (non-hydrogen) atoms. The Balaban J connectivity index is 1.91. The molecule has 0 saturated carbocycles. The van der Waals surface area contributed by atoms with Crippen molar-refractivity contribution in [1.82, 2.24) is 4.98 Å². The molecule has 2 N–H and O–H groups in total. The zero-order valence-electron chi connectivity index (χ0n) is 15.1. The van der Waals surface area contributed by atoms with E-state index >= 15 is 0 Å². The molecule has 0 fully saturated rings. The molecular weight excluding hydrogens is 399 g/mol. The van der Waals surface area contributed by atoms with Crippen LogP contribution in [-0.2, 0) is 6.18 Å². The zero-order valence-corrected chi connectivity index (χ0v) is 15.1. The fraction of sp³-hybridized carbons (Fsp3) is 0.0476. The number of carboxylic acids is 1. The Morgan fingerprint density at radius 3 is 2.47 bits per heavy atom. The van der Waals surface area contributed by atoms with Crippen LogP contribution in [0.1, 0.15) is 31.8 Å². The van der Waals surface area contributed by atoms with Crippen LogP contribution in [0, 0.1) is 11.3 Å². The van der Waals surface area contributed by atoms with Crippen molar-refractivity contribution in [1.29, 1.82) is 5.26 Å². The molecule has 0 aliphatic carbocycles. The summed E-state index contributed by atoms with van der Waals surface area (Å²) in [5.74, 6) is -2.04. The third-order valence-corrected chi connectivity index (χ3v) is 4.15. The van der Waals surface area contributed by atoms with Gasteiger partial charge in [0, 0.05) is 18.0 Å². The van der Waals surface area contributed by atoms with Crippen LogP contribution in [0.3, 0.4) is 0 Å². The molecule has 3 aromatic rings. The van der Waals surface area contributed by atoms with Gasteiger partial charge >= 0.3 is 12.1 Å². The average molecular weight is 411 g/mol. The summed E-state index contributed by atoms with van der Waals surface area (Å²) in [6, 6.07) is 11.5. The van der Waals surface area contributed by atoms with E-state index in [1.54, 1.807) is 0 Å². The van der Waals surface area contributed by atoms with E-state index in [2.05, 4.69) is 10.3 Å². The molecule has 6 nitrogen and oxygen atoms in total. The van der Waals surface area contributed by atoms with Gasteiger partial charge in [0.2, 0.25) is 0 Å². The van der Waals surface area contributed by atoms with Crippen molar-refractivity contribution in [3.63, 3.8) is 0 Å². The number of aromatic carboxylic acids is 1. The van der Waals surface area contributed by atoms with Gasteiger partial charge in [-0.15, -0.1) is 0 Å². The van der Waals surface area contributed by atoms with Gasteiger partial charge in [0.15, 0.2) is 0 Å². The fourth-order valence-corrected chi connectivity index (χ4v) is 2.69. The second kappa shape index (κ2) is 8.05. The maximum Gasteiger partial charge on any atom is 0.416 e. The lowest BCUT2D eigenvalue weighted by Crippen LogP contribution is -2.15. The summed E-state index contributed by atoms with van der Waals surface area (Å²) in [6.07, 6.45) is -1.99. The Labute approximate surface area is 168 Å². The first-order chi connectivity index (χ1) is 14.2. The summed E-state index contributed by atoms with van der Waals surface area (Å²) in [5, 5.41) is 20.6. The molecule has 3 rings (SSSR count). The van der Waals surface area contributed by atoms with Crippen LogP contribution in [0.15, 0.2) is 60.9 Å². The molecule has 0 spiro atoms. The molecule has 0 aliphatic heterocycles. The number of nitriles is 1. The highest BCUT2D eigenvalue weighted by molar-refractivity contribution is 6.08. The van der Waals surface area contributed by atoms with Gasteiger partial charge in [-0.25, -0.2) is 4.79 Å². The second-order valence-corrected chi connectivity index (χ2v) is 6.17. The summed E-state index contributed by atoms with van der Waals surface area (Å²) in [4.78, 5) is 27.9. The monoisotopic (exact) mass is 411 g/mol. The van der Waals surface area contributed by atoms with Crippen molar-refractivity contribution >= 4 is 17.6 Å². The highest BCUT2D eigenvalue weighted by Crippen LogP contribution is 2.32. The fourth-order valence-electron chi connectivity index (χ4n) is 2.69. The van der Waals surface area contributed by atoms with Crippen molar-refractivity contribution < 1.29 is 27.9 Å². The number of nitrogens with one attached hydrogen (secondary N) is 1. The number of alkyl halides is 3. The van der Waals surface area contributed by atoms with E-state index in [-0.39, 0.29) is 33.5 Å². The highest BCUT2D eigenvalue weighted by Gasteiger charge is 2.30. The van der Waals surface area contributed by atoms with Crippen molar-refractivity contribution in [3.05, 3.63) is 83.2 Å². The largest absolute Gasteiger partial charge is 0.478 e. The summed E-state index contributed by atoms with van der Waals surface area (Å²) in [6.45, 7) is 0. The van der Waals surface area contributed by atoms with E-state index in [9.17, 15) is 27.9 Å². The topological polar surface area (TPSA) is 103 Å². The minimum atomic E-state index is -4.51. The van der Waals surface area contributed by atoms with E-state index in [1.807, 2.05) is 6.07 Å². The van der Waals surface area contributed by atoms with Gasteiger partial charge < -0.3 is 10.4 Å². The zero-order chi connectivity index (χ0) is 21.9. The lowest BCUT2D eigenvalue weighted by Gasteiger charge is -2.11. The van der Waals surface area contributed by atoms with Gasteiger partial charge in [-0.05, 0) is 42.0 Å². The molecule has 0 atom stereocenters. The Morgan fingerprint density at radius 2 is 1.80 bits per heavy atom. The number of rotatable bonds is 4. The number of pyridine rings is 1. The molecule has 2 aromatic carbocycles. The number of aromatic nitrogens is 1. The number of benzene rings is 2. The number of nitrogens with zero attached hydrogens (tertiary/aromatic N) is 2. The predicted octanol–water partition coefficient (Wildman–Crippen LogP) is 4.59. The van der Waals surface area contributed by atoms with Gasteiger partial charge in [0.05, 0.1) is 34.0 Å². The quantitative estimate of drug-likeness (QED) is 0.654. The van der Waals surface area contributed by atoms with Crippen LogP contribution in [0.2, 0.25) is 0 Å². The van der Waals surface area contributed by atoms with E-state index < -0.39 is 23.6 Å². The maximum atomic E-state index is 12.9. The lowest BCUT2D eigenvalue weighted by molar-refractivity contribution is -0.137. The molecule has 0 saturated heterocycles. The molecule has 0 unspecified atom stereocenters. The number of carbonyl (C=O) groups excluding carboxylic acids is 1. The predicted molar refractivity (Wildman–Crippen MR) is 101 cm³/mol. The molecule has 1 heterocycles. The first-order valence-electron chi connectivity index (χ1n) is 8.40. The third-order valence-electron chi connectivity index (χ3n) is 4.15. The smallest absolute Gasteiger partial charge is 0.416 e. The standard InChI is InChI=1S/C21H12F3N3O3/c22-21(23,24)16-3-1-2-13(8-16)14-7-15(11-26-10-14)19(28)27-18-5-4-12(9-25)6-17(18)20(29)30/h1-8,10-11H,(H,27,28)(H,29,30). The number of anilines is 1. The van der Waals surface area contributed by atoms with Crippen molar-refractivity contribution in [2.45, 2.75) is 6.18 Å². The number of halogens is 3. The number of carbonyl (C=O) groups is 2. The molecule has 0 radical (unpaired) electrons. The first-order valence-corrected chi connectivity index (χ1v) is 8.40. The minimum absolute atomic E-state index is 0.0191. The van der Waals surface area contributed by atoms with Crippen molar-refractivity contribution in [2.24, 2.45) is 0 Å². The van der Waals surface area contributed by atoms with Gasteiger partial charge in [-0.1, -0.05) is 12.1 Å². The minimum Gasteiger partial charge on any atom is -0.478 e. The SMILES string of the molecule is N#Cc1ccc(NC(=O)c2cncc(-c3cccc(C(F)(F)F)c3)c2)c(C(=O)O)c1.